The highest BCUT2D eigenvalue weighted by Gasteiger charge is 2.35. The molecule has 2 N–H and O–H groups in total. The molecular weight excluding hydrogens is 294 g/mol. The van der Waals surface area contributed by atoms with Crippen molar-refractivity contribution >= 4 is 11.9 Å². The lowest BCUT2D eigenvalue weighted by molar-refractivity contribution is -0.149. The summed E-state index contributed by atoms with van der Waals surface area (Å²) in [6.07, 6.45) is 4.31. The Morgan fingerprint density at radius 3 is 2.48 bits per heavy atom. The number of aliphatic carboxylic acids is 1. The minimum absolute atomic E-state index is 0.0988. The summed E-state index contributed by atoms with van der Waals surface area (Å²) in [4.78, 5) is 24.0. The number of nitrogens with one attached hydrogen (secondary N) is 1. The van der Waals surface area contributed by atoms with E-state index in [2.05, 4.69) is 10.4 Å². The number of carbonyl (C=O) groups is 2. The van der Waals surface area contributed by atoms with Crippen LogP contribution in [0.5, 0.6) is 0 Å². The Balaban J connectivity index is 2.21. The van der Waals surface area contributed by atoms with Gasteiger partial charge in [0.15, 0.2) is 0 Å². The predicted molar refractivity (Wildman–Crippen MR) is 86.5 cm³/mol. The number of benzene rings is 1. The summed E-state index contributed by atoms with van der Waals surface area (Å²) in [7, 11) is 0. The van der Waals surface area contributed by atoms with Gasteiger partial charge in [-0.3, -0.25) is 9.59 Å². The van der Waals surface area contributed by atoms with E-state index in [1.807, 2.05) is 19.9 Å². The molecule has 0 saturated heterocycles. The highest BCUT2D eigenvalue weighted by atomic mass is 16.4. The molecule has 122 valence electrons. The number of hydrogen-bond acceptors (Lipinski definition) is 3. The van der Waals surface area contributed by atoms with Crippen molar-refractivity contribution in [3.05, 3.63) is 48.3 Å². The Bertz CT molecular complexity index is 676. The number of nitrogens with zero attached hydrogens (tertiary/aromatic N) is 2. The van der Waals surface area contributed by atoms with Crippen molar-refractivity contribution in [2.75, 3.05) is 6.54 Å². The average molecular weight is 315 g/mol. The van der Waals surface area contributed by atoms with E-state index in [-0.39, 0.29) is 12.5 Å². The van der Waals surface area contributed by atoms with Gasteiger partial charge >= 0.3 is 5.97 Å². The Labute approximate surface area is 135 Å². The topological polar surface area (TPSA) is 84.2 Å². The van der Waals surface area contributed by atoms with Crippen LogP contribution in [0.2, 0.25) is 0 Å². The molecule has 0 saturated carbocycles. The first-order valence-corrected chi connectivity index (χ1v) is 7.64. The number of carboxylic acid groups (broad SMARTS) is 1. The van der Waals surface area contributed by atoms with Gasteiger partial charge in [-0.2, -0.15) is 5.10 Å². The van der Waals surface area contributed by atoms with Crippen molar-refractivity contribution in [2.24, 2.45) is 5.41 Å². The number of aromatic nitrogens is 2. The van der Waals surface area contributed by atoms with Crippen LogP contribution < -0.4 is 5.32 Å². The Kier molecular flexibility index (Phi) is 5.16. The second kappa shape index (κ2) is 7.09. The first-order chi connectivity index (χ1) is 11.0. The van der Waals surface area contributed by atoms with Gasteiger partial charge in [0.25, 0.3) is 5.91 Å². The SMILES string of the molecule is CCC(CC)(CNC(=O)c1ccccc1-n1cccn1)C(=O)O. The van der Waals surface area contributed by atoms with E-state index in [0.717, 1.165) is 0 Å². The molecule has 1 aromatic carbocycles. The molecular formula is C17H21N3O3. The number of carboxylic acids is 1. The second-order valence-corrected chi connectivity index (χ2v) is 5.44. The number of rotatable bonds is 7. The van der Waals surface area contributed by atoms with Crippen LogP contribution in [0.15, 0.2) is 42.7 Å². The van der Waals surface area contributed by atoms with Crippen molar-refractivity contribution in [2.45, 2.75) is 26.7 Å². The van der Waals surface area contributed by atoms with Crippen LogP contribution in [0.4, 0.5) is 0 Å². The zero-order chi connectivity index (χ0) is 16.9. The van der Waals surface area contributed by atoms with Crippen LogP contribution in [0.3, 0.4) is 0 Å². The van der Waals surface area contributed by atoms with Gasteiger partial charge in [-0.05, 0) is 31.0 Å². The van der Waals surface area contributed by atoms with Crippen LogP contribution in [-0.2, 0) is 4.79 Å². The molecule has 0 aliphatic carbocycles. The summed E-state index contributed by atoms with van der Waals surface area (Å²) in [6.45, 7) is 3.74. The molecule has 23 heavy (non-hydrogen) atoms. The predicted octanol–water partition coefficient (Wildman–Crippen LogP) is 2.49. The molecule has 0 aliphatic heterocycles. The first-order valence-electron chi connectivity index (χ1n) is 7.64. The van der Waals surface area contributed by atoms with E-state index in [4.69, 9.17) is 0 Å². The van der Waals surface area contributed by atoms with Crippen LogP contribution in [0.25, 0.3) is 5.69 Å². The minimum Gasteiger partial charge on any atom is -0.481 e. The van der Waals surface area contributed by atoms with Gasteiger partial charge in [-0.1, -0.05) is 26.0 Å². The third-order valence-corrected chi connectivity index (χ3v) is 4.29. The van der Waals surface area contributed by atoms with Crippen molar-refractivity contribution in [1.29, 1.82) is 0 Å². The highest BCUT2D eigenvalue weighted by molar-refractivity contribution is 5.98. The molecule has 2 rings (SSSR count). The summed E-state index contributed by atoms with van der Waals surface area (Å²) in [5.41, 5.74) is 0.183. The molecule has 0 fully saturated rings. The second-order valence-electron chi connectivity index (χ2n) is 5.44. The molecule has 0 atom stereocenters. The van der Waals surface area contributed by atoms with E-state index in [9.17, 15) is 14.7 Å². The minimum atomic E-state index is -0.934. The van der Waals surface area contributed by atoms with Gasteiger partial charge in [0.2, 0.25) is 0 Å². The molecule has 1 heterocycles. The van der Waals surface area contributed by atoms with E-state index in [1.54, 1.807) is 41.3 Å². The van der Waals surface area contributed by atoms with Crippen molar-refractivity contribution in [3.63, 3.8) is 0 Å². The maximum atomic E-state index is 12.5. The Morgan fingerprint density at radius 2 is 1.91 bits per heavy atom. The molecule has 0 unspecified atom stereocenters. The van der Waals surface area contributed by atoms with Crippen molar-refractivity contribution in [1.82, 2.24) is 15.1 Å². The van der Waals surface area contributed by atoms with Crippen LogP contribution >= 0.6 is 0 Å². The fourth-order valence-electron chi connectivity index (χ4n) is 2.50. The third-order valence-electron chi connectivity index (χ3n) is 4.29. The summed E-state index contributed by atoms with van der Waals surface area (Å²) in [5.74, 6) is -1.19. The molecule has 0 bridgehead atoms. The quantitative estimate of drug-likeness (QED) is 0.822. The monoisotopic (exact) mass is 315 g/mol. The normalized spacial score (nSPS) is 11.2. The lowest BCUT2D eigenvalue weighted by atomic mass is 9.82. The lowest BCUT2D eigenvalue weighted by Crippen LogP contribution is -2.42. The summed E-state index contributed by atoms with van der Waals surface area (Å²) in [6, 6.07) is 8.87. The Morgan fingerprint density at radius 1 is 1.22 bits per heavy atom. The number of amides is 1. The lowest BCUT2D eigenvalue weighted by Gasteiger charge is -2.27. The molecule has 0 aliphatic rings. The molecule has 0 spiro atoms. The fraction of sp³-hybridized carbons (Fsp3) is 0.353. The van der Waals surface area contributed by atoms with Gasteiger partial charge in [0.1, 0.15) is 0 Å². The molecule has 1 aromatic heterocycles. The highest BCUT2D eigenvalue weighted by Crippen LogP contribution is 2.26. The van der Waals surface area contributed by atoms with Crippen molar-refractivity contribution < 1.29 is 14.7 Å². The zero-order valence-corrected chi connectivity index (χ0v) is 13.3. The number of carbonyl (C=O) groups excluding carboxylic acids is 1. The molecule has 2 aromatic rings. The molecule has 0 radical (unpaired) electrons. The summed E-state index contributed by atoms with van der Waals surface area (Å²) in [5, 5.41) is 16.4. The van der Waals surface area contributed by atoms with Gasteiger partial charge in [0.05, 0.1) is 16.7 Å². The smallest absolute Gasteiger partial charge is 0.311 e. The first kappa shape index (κ1) is 16.7. The molecule has 1 amide bonds. The summed E-state index contributed by atoms with van der Waals surface area (Å²) >= 11 is 0. The molecule has 6 heteroatoms. The van der Waals surface area contributed by atoms with Gasteiger partial charge in [0, 0.05) is 18.9 Å². The van der Waals surface area contributed by atoms with Gasteiger partial charge < -0.3 is 10.4 Å². The third kappa shape index (κ3) is 3.41. The summed E-state index contributed by atoms with van der Waals surface area (Å²) < 4.78 is 1.61. The largest absolute Gasteiger partial charge is 0.481 e. The van der Waals surface area contributed by atoms with Crippen LogP contribution in [0.1, 0.15) is 37.0 Å². The standard InChI is InChI=1S/C17H21N3O3/c1-3-17(4-2,16(22)23)12-18-15(21)13-8-5-6-9-14(13)20-11-7-10-19-20/h5-11H,3-4,12H2,1-2H3,(H,18,21)(H,22,23). The number of para-hydroxylation sites is 1. The van der Waals surface area contributed by atoms with Crippen LogP contribution in [0, 0.1) is 5.41 Å². The van der Waals surface area contributed by atoms with Gasteiger partial charge in [-0.15, -0.1) is 0 Å². The van der Waals surface area contributed by atoms with Crippen LogP contribution in [-0.4, -0.2) is 33.3 Å². The fourth-order valence-corrected chi connectivity index (χ4v) is 2.50. The maximum Gasteiger partial charge on any atom is 0.311 e. The zero-order valence-electron chi connectivity index (χ0n) is 13.3. The average Bonchev–Trinajstić information content (AvgIpc) is 3.10. The van der Waals surface area contributed by atoms with E-state index >= 15 is 0 Å². The van der Waals surface area contributed by atoms with E-state index in [1.165, 1.54) is 0 Å². The molecule has 6 nitrogen and oxygen atoms in total. The Hall–Kier alpha value is -2.63. The maximum absolute atomic E-state index is 12.5. The van der Waals surface area contributed by atoms with E-state index in [0.29, 0.717) is 24.1 Å². The van der Waals surface area contributed by atoms with Gasteiger partial charge in [-0.25, -0.2) is 4.68 Å². The van der Waals surface area contributed by atoms with Crippen molar-refractivity contribution in [3.8, 4) is 5.69 Å². The number of hydrogen-bond donors (Lipinski definition) is 2. The van der Waals surface area contributed by atoms with E-state index < -0.39 is 11.4 Å².